The average molecular weight is 383 g/mol. The lowest BCUT2D eigenvalue weighted by atomic mass is 10.1. The number of nitrogens with one attached hydrogen (secondary N) is 1. The fraction of sp³-hybridized carbons (Fsp3) is 0.350. The summed E-state index contributed by atoms with van der Waals surface area (Å²) >= 11 is 0. The van der Waals surface area contributed by atoms with Crippen molar-refractivity contribution in [2.45, 2.75) is 25.0 Å². The molecule has 1 heterocycles. The van der Waals surface area contributed by atoms with Crippen molar-refractivity contribution in [3.8, 4) is 11.5 Å². The van der Waals surface area contributed by atoms with Gasteiger partial charge in [-0.05, 0) is 37.1 Å². The van der Waals surface area contributed by atoms with Crippen LogP contribution in [-0.4, -0.2) is 43.2 Å². The molecule has 0 radical (unpaired) electrons. The fourth-order valence-corrected chi connectivity index (χ4v) is 3.19. The summed E-state index contributed by atoms with van der Waals surface area (Å²) in [6.45, 7) is 0.764. The number of carbonyl (C=O) groups excluding carboxylic acids is 1. The Bertz CT molecular complexity index is 912. The van der Waals surface area contributed by atoms with Crippen LogP contribution >= 0.6 is 0 Å². The van der Waals surface area contributed by atoms with Gasteiger partial charge in [-0.25, -0.2) is 0 Å². The van der Waals surface area contributed by atoms with E-state index in [2.05, 4.69) is 5.32 Å². The van der Waals surface area contributed by atoms with Gasteiger partial charge in [-0.1, -0.05) is 12.1 Å². The number of fused-ring (bicyclic) bond motifs is 1. The predicted molar refractivity (Wildman–Crippen MR) is 103 cm³/mol. The van der Waals surface area contributed by atoms with E-state index in [1.807, 2.05) is 24.3 Å². The molecule has 0 bridgehead atoms. The highest BCUT2D eigenvalue weighted by Gasteiger charge is 2.27. The molecule has 0 saturated heterocycles. The first kappa shape index (κ1) is 18.1. The van der Waals surface area contributed by atoms with Gasteiger partial charge >= 0.3 is 0 Å². The van der Waals surface area contributed by atoms with Crippen LogP contribution in [0.4, 0.5) is 11.4 Å². The van der Waals surface area contributed by atoms with Gasteiger partial charge in [-0.15, -0.1) is 0 Å². The first-order valence-electron chi connectivity index (χ1n) is 9.20. The molecule has 1 amide bonds. The Morgan fingerprint density at radius 1 is 1.25 bits per heavy atom. The molecule has 1 N–H and O–H groups in total. The number of benzene rings is 2. The number of rotatable bonds is 6. The van der Waals surface area contributed by atoms with Crippen molar-refractivity contribution in [1.82, 2.24) is 5.32 Å². The van der Waals surface area contributed by atoms with Crippen molar-refractivity contribution < 1.29 is 19.2 Å². The largest absolute Gasteiger partial charge is 0.486 e. The van der Waals surface area contributed by atoms with Gasteiger partial charge in [-0.2, -0.15) is 0 Å². The second-order valence-corrected chi connectivity index (χ2v) is 7.09. The molecule has 1 aliphatic carbocycles. The third-order valence-corrected chi connectivity index (χ3v) is 4.80. The number of nitro groups is 1. The molecular formula is C20H21N3O5. The van der Waals surface area contributed by atoms with E-state index in [9.17, 15) is 14.9 Å². The molecule has 1 unspecified atom stereocenters. The Kier molecular flexibility index (Phi) is 4.77. The number of ether oxygens (including phenoxy) is 2. The lowest BCUT2D eigenvalue weighted by Crippen LogP contribution is -2.39. The SMILES string of the molecule is CN(CC1COc2ccccc2O1)c1ccc(C(=O)NC2CC2)cc1[N+](=O)[O-]. The third-order valence-electron chi connectivity index (χ3n) is 4.80. The van der Waals surface area contributed by atoms with Gasteiger partial charge < -0.3 is 19.7 Å². The summed E-state index contributed by atoms with van der Waals surface area (Å²) in [6.07, 6.45) is 1.65. The van der Waals surface area contributed by atoms with Gasteiger partial charge in [0.05, 0.1) is 11.5 Å². The number of nitrogens with zero attached hydrogens (tertiary/aromatic N) is 2. The maximum absolute atomic E-state index is 12.2. The Hall–Kier alpha value is -3.29. The molecule has 0 aromatic heterocycles. The number of nitro benzene ring substituents is 1. The molecule has 2 aromatic carbocycles. The quantitative estimate of drug-likeness (QED) is 0.609. The molecule has 1 atom stereocenters. The van der Waals surface area contributed by atoms with Gasteiger partial charge in [0.2, 0.25) is 0 Å². The van der Waals surface area contributed by atoms with Gasteiger partial charge in [0, 0.05) is 24.7 Å². The Labute approximate surface area is 162 Å². The highest BCUT2D eigenvalue weighted by atomic mass is 16.6. The van der Waals surface area contributed by atoms with Crippen LogP contribution in [0.1, 0.15) is 23.2 Å². The molecular weight excluding hydrogens is 362 g/mol. The number of likely N-dealkylation sites (N-methyl/N-ethyl adjacent to an activating group) is 1. The Balaban J connectivity index is 1.49. The zero-order chi connectivity index (χ0) is 19.7. The summed E-state index contributed by atoms with van der Waals surface area (Å²) < 4.78 is 11.6. The van der Waals surface area contributed by atoms with E-state index in [4.69, 9.17) is 9.47 Å². The molecule has 4 rings (SSSR count). The van der Waals surface area contributed by atoms with Crippen LogP contribution in [-0.2, 0) is 0 Å². The van der Waals surface area contributed by atoms with Crippen molar-refractivity contribution >= 4 is 17.3 Å². The first-order valence-corrected chi connectivity index (χ1v) is 9.20. The smallest absolute Gasteiger partial charge is 0.293 e. The minimum atomic E-state index is -0.465. The molecule has 8 heteroatoms. The van der Waals surface area contributed by atoms with Gasteiger partial charge in [0.1, 0.15) is 12.3 Å². The third kappa shape index (κ3) is 3.85. The van der Waals surface area contributed by atoms with Crippen molar-refractivity contribution in [3.05, 3.63) is 58.1 Å². The normalized spacial score (nSPS) is 17.7. The summed E-state index contributed by atoms with van der Waals surface area (Å²) in [4.78, 5) is 25.1. The van der Waals surface area contributed by atoms with Crippen LogP contribution in [0.25, 0.3) is 0 Å². The minimum absolute atomic E-state index is 0.108. The van der Waals surface area contributed by atoms with Crippen molar-refractivity contribution in [2.24, 2.45) is 0 Å². The average Bonchev–Trinajstić information content (AvgIpc) is 3.51. The molecule has 0 spiro atoms. The van der Waals surface area contributed by atoms with Crippen LogP contribution in [0, 0.1) is 10.1 Å². The predicted octanol–water partition coefficient (Wildman–Crippen LogP) is 2.76. The lowest BCUT2D eigenvalue weighted by molar-refractivity contribution is -0.384. The van der Waals surface area contributed by atoms with Gasteiger partial charge in [0.15, 0.2) is 17.6 Å². The molecule has 1 fully saturated rings. The molecule has 146 valence electrons. The van der Waals surface area contributed by atoms with E-state index in [1.165, 1.54) is 6.07 Å². The zero-order valence-electron chi connectivity index (χ0n) is 15.5. The molecule has 1 aliphatic heterocycles. The molecule has 2 aliphatic rings. The van der Waals surface area contributed by atoms with Crippen LogP contribution in [0.2, 0.25) is 0 Å². The van der Waals surface area contributed by atoms with Gasteiger partial charge in [0.25, 0.3) is 11.6 Å². The van der Waals surface area contributed by atoms with Crippen molar-refractivity contribution in [3.63, 3.8) is 0 Å². The maximum atomic E-state index is 12.2. The molecule has 8 nitrogen and oxygen atoms in total. The van der Waals surface area contributed by atoms with E-state index in [1.54, 1.807) is 24.1 Å². The number of anilines is 1. The van der Waals surface area contributed by atoms with Crippen LogP contribution in [0.5, 0.6) is 11.5 Å². The van der Waals surface area contributed by atoms with E-state index < -0.39 is 4.92 Å². The molecule has 1 saturated carbocycles. The number of hydrogen-bond acceptors (Lipinski definition) is 6. The first-order chi connectivity index (χ1) is 13.5. The van der Waals surface area contributed by atoms with Gasteiger partial charge in [-0.3, -0.25) is 14.9 Å². The van der Waals surface area contributed by atoms with Crippen LogP contribution in [0.3, 0.4) is 0 Å². The van der Waals surface area contributed by atoms with Crippen LogP contribution in [0.15, 0.2) is 42.5 Å². The van der Waals surface area contributed by atoms with Crippen molar-refractivity contribution in [1.29, 1.82) is 0 Å². The zero-order valence-corrected chi connectivity index (χ0v) is 15.5. The second kappa shape index (κ2) is 7.38. The summed E-state index contributed by atoms with van der Waals surface area (Å²) in [5.41, 5.74) is 0.612. The summed E-state index contributed by atoms with van der Waals surface area (Å²) in [5.74, 6) is 1.08. The van der Waals surface area contributed by atoms with Crippen molar-refractivity contribution in [2.75, 3.05) is 25.1 Å². The summed E-state index contributed by atoms with van der Waals surface area (Å²) in [7, 11) is 1.76. The second-order valence-electron chi connectivity index (χ2n) is 7.09. The number of hydrogen-bond donors (Lipinski definition) is 1. The Morgan fingerprint density at radius 3 is 2.71 bits per heavy atom. The summed E-state index contributed by atoms with van der Waals surface area (Å²) in [6, 6.07) is 12.2. The van der Waals surface area contributed by atoms with E-state index in [0.717, 1.165) is 12.8 Å². The molecule has 2 aromatic rings. The monoisotopic (exact) mass is 383 g/mol. The number of carbonyl (C=O) groups is 1. The highest BCUT2D eigenvalue weighted by Crippen LogP contribution is 2.33. The van der Waals surface area contributed by atoms with E-state index in [0.29, 0.717) is 35.9 Å². The summed E-state index contributed by atoms with van der Waals surface area (Å²) in [5, 5.41) is 14.4. The number of amides is 1. The lowest BCUT2D eigenvalue weighted by Gasteiger charge is -2.30. The standard InChI is InChI=1S/C20H21N3O5/c1-22(11-15-12-27-18-4-2-3-5-19(18)28-15)16-9-6-13(10-17(16)23(25)26)20(24)21-14-7-8-14/h2-6,9-10,14-15H,7-8,11-12H2,1H3,(H,21,24). The maximum Gasteiger partial charge on any atom is 0.293 e. The van der Waals surface area contributed by atoms with E-state index in [-0.39, 0.29) is 23.7 Å². The fourth-order valence-electron chi connectivity index (χ4n) is 3.19. The molecule has 28 heavy (non-hydrogen) atoms. The van der Waals surface area contributed by atoms with E-state index >= 15 is 0 Å². The topological polar surface area (TPSA) is 93.9 Å². The number of para-hydroxylation sites is 2. The van der Waals surface area contributed by atoms with Crippen LogP contribution < -0.4 is 19.7 Å². The highest BCUT2D eigenvalue weighted by molar-refractivity contribution is 5.96. The Morgan fingerprint density at radius 2 is 2.00 bits per heavy atom. The minimum Gasteiger partial charge on any atom is -0.486 e.